The van der Waals surface area contributed by atoms with Crippen molar-refractivity contribution in [3.63, 3.8) is 0 Å². The predicted octanol–water partition coefficient (Wildman–Crippen LogP) is 1.65. The minimum absolute atomic E-state index is 0.0522. The highest BCUT2D eigenvalue weighted by atomic mass is 19.1. The molecule has 27 heavy (non-hydrogen) atoms. The lowest BCUT2D eigenvalue weighted by Gasteiger charge is -2.29. The van der Waals surface area contributed by atoms with Crippen LogP contribution in [0.1, 0.15) is 60.0 Å². The summed E-state index contributed by atoms with van der Waals surface area (Å²) in [6.45, 7) is 0.196. The zero-order chi connectivity index (χ0) is 19.1. The molecule has 3 amide bonds. The van der Waals surface area contributed by atoms with Gasteiger partial charge in [0.25, 0.3) is 5.91 Å². The molecule has 7 heteroatoms. The zero-order valence-corrected chi connectivity index (χ0v) is 15.2. The Morgan fingerprint density at radius 1 is 1.15 bits per heavy atom. The molecule has 144 valence electrons. The third-order valence-electron chi connectivity index (χ3n) is 6.10. The summed E-state index contributed by atoms with van der Waals surface area (Å²) >= 11 is 0. The molecule has 1 aromatic carbocycles. The minimum atomic E-state index is -0.725. The monoisotopic (exact) mass is 373 g/mol. The average molecular weight is 373 g/mol. The number of fused-ring (bicyclic) bond motifs is 1. The van der Waals surface area contributed by atoms with Gasteiger partial charge in [-0.15, -0.1) is 0 Å². The maximum Gasteiger partial charge on any atom is 0.258 e. The van der Waals surface area contributed by atoms with Crippen molar-refractivity contribution in [3.8, 4) is 0 Å². The van der Waals surface area contributed by atoms with Gasteiger partial charge in [-0.05, 0) is 48.8 Å². The summed E-state index contributed by atoms with van der Waals surface area (Å²) in [7, 11) is 0. The van der Waals surface area contributed by atoms with E-state index in [9.17, 15) is 18.8 Å². The van der Waals surface area contributed by atoms with Crippen molar-refractivity contribution in [1.82, 2.24) is 10.2 Å². The maximum atomic E-state index is 14.7. The fourth-order valence-electron chi connectivity index (χ4n) is 4.63. The Morgan fingerprint density at radius 3 is 2.67 bits per heavy atom. The summed E-state index contributed by atoms with van der Waals surface area (Å²) in [6.07, 6.45) is 5.50. The van der Waals surface area contributed by atoms with Gasteiger partial charge in [0.15, 0.2) is 0 Å². The first kappa shape index (κ1) is 18.1. The van der Waals surface area contributed by atoms with Crippen molar-refractivity contribution < 1.29 is 18.8 Å². The van der Waals surface area contributed by atoms with Crippen LogP contribution >= 0.6 is 0 Å². The van der Waals surface area contributed by atoms with Crippen molar-refractivity contribution >= 4 is 17.7 Å². The van der Waals surface area contributed by atoms with Crippen molar-refractivity contribution in [2.75, 3.05) is 0 Å². The molecular weight excluding hydrogens is 349 g/mol. The summed E-state index contributed by atoms with van der Waals surface area (Å²) in [5.41, 5.74) is 7.74. The van der Waals surface area contributed by atoms with E-state index in [1.54, 1.807) is 0 Å². The number of benzene rings is 1. The lowest BCUT2D eigenvalue weighted by atomic mass is 9.81. The van der Waals surface area contributed by atoms with Crippen LogP contribution in [0, 0.1) is 11.7 Å². The van der Waals surface area contributed by atoms with E-state index in [1.165, 1.54) is 11.0 Å². The number of hydrogen-bond donors (Lipinski definition) is 2. The van der Waals surface area contributed by atoms with E-state index < -0.39 is 23.7 Å². The average Bonchev–Trinajstić information content (AvgIpc) is 2.94. The summed E-state index contributed by atoms with van der Waals surface area (Å²) in [5, 5.41) is 2.26. The van der Waals surface area contributed by atoms with Crippen molar-refractivity contribution in [2.24, 2.45) is 11.7 Å². The topological polar surface area (TPSA) is 92.5 Å². The van der Waals surface area contributed by atoms with Gasteiger partial charge in [0.05, 0.1) is 5.56 Å². The van der Waals surface area contributed by atoms with Crippen LogP contribution in [-0.2, 0) is 22.6 Å². The van der Waals surface area contributed by atoms with E-state index in [2.05, 4.69) is 5.32 Å². The SMILES string of the molecule is N[C@H]1CCCC[C@@H]1Cc1cc(F)c2c(c1)CN(C1CCC(=O)NC1=O)C2=O. The number of imide groups is 1. The molecule has 3 aliphatic rings. The molecule has 3 N–H and O–H groups in total. The third-order valence-corrected chi connectivity index (χ3v) is 6.10. The maximum absolute atomic E-state index is 14.7. The number of halogens is 1. The molecule has 1 saturated heterocycles. The second-order valence-corrected chi connectivity index (χ2v) is 7.92. The molecule has 1 aromatic rings. The molecule has 2 heterocycles. The second-order valence-electron chi connectivity index (χ2n) is 7.92. The zero-order valence-electron chi connectivity index (χ0n) is 15.2. The van der Waals surface area contributed by atoms with E-state index in [1.807, 2.05) is 6.07 Å². The first-order valence-electron chi connectivity index (χ1n) is 9.65. The van der Waals surface area contributed by atoms with Crippen LogP contribution in [0.15, 0.2) is 12.1 Å². The molecule has 0 aromatic heterocycles. The van der Waals surface area contributed by atoms with Crippen LogP contribution < -0.4 is 11.1 Å². The number of carbonyl (C=O) groups excluding carboxylic acids is 3. The second kappa shape index (κ2) is 7.03. The first-order valence-corrected chi connectivity index (χ1v) is 9.65. The van der Waals surface area contributed by atoms with Gasteiger partial charge in [0.2, 0.25) is 11.8 Å². The number of carbonyl (C=O) groups is 3. The van der Waals surface area contributed by atoms with Gasteiger partial charge < -0.3 is 10.6 Å². The smallest absolute Gasteiger partial charge is 0.258 e. The molecule has 3 atom stereocenters. The molecule has 1 aliphatic carbocycles. The van der Waals surface area contributed by atoms with Crippen LogP contribution in [0.25, 0.3) is 0 Å². The Hall–Kier alpha value is -2.28. The lowest BCUT2D eigenvalue weighted by Crippen LogP contribution is -2.52. The van der Waals surface area contributed by atoms with Gasteiger partial charge in [0.1, 0.15) is 11.9 Å². The quantitative estimate of drug-likeness (QED) is 0.788. The normalized spacial score (nSPS) is 28.3. The van der Waals surface area contributed by atoms with Crippen molar-refractivity contribution in [1.29, 1.82) is 0 Å². The van der Waals surface area contributed by atoms with E-state index in [4.69, 9.17) is 5.73 Å². The van der Waals surface area contributed by atoms with Gasteiger partial charge in [0, 0.05) is 19.0 Å². The predicted molar refractivity (Wildman–Crippen MR) is 96.1 cm³/mol. The number of nitrogens with one attached hydrogen (secondary N) is 1. The summed E-state index contributed by atoms with van der Waals surface area (Å²) in [4.78, 5) is 37.5. The number of nitrogens with two attached hydrogens (primary N) is 1. The van der Waals surface area contributed by atoms with Crippen molar-refractivity contribution in [3.05, 3.63) is 34.6 Å². The number of hydrogen-bond acceptors (Lipinski definition) is 4. The lowest BCUT2D eigenvalue weighted by molar-refractivity contribution is -0.136. The van der Waals surface area contributed by atoms with Crippen LogP contribution in [0.2, 0.25) is 0 Å². The molecule has 1 saturated carbocycles. The molecule has 0 radical (unpaired) electrons. The number of piperidine rings is 1. The summed E-state index contributed by atoms with van der Waals surface area (Å²) in [6, 6.07) is 2.73. The van der Waals surface area contributed by atoms with Gasteiger partial charge in [-0.2, -0.15) is 0 Å². The minimum Gasteiger partial charge on any atom is -0.327 e. The molecule has 6 nitrogen and oxygen atoms in total. The highest BCUT2D eigenvalue weighted by Crippen LogP contribution is 2.32. The van der Waals surface area contributed by atoms with Crippen LogP contribution in [0.5, 0.6) is 0 Å². The first-order chi connectivity index (χ1) is 12.9. The van der Waals surface area contributed by atoms with Gasteiger partial charge in [-0.25, -0.2) is 4.39 Å². The molecule has 1 unspecified atom stereocenters. The molecule has 4 rings (SSSR count). The Kier molecular flexibility index (Phi) is 4.72. The fraction of sp³-hybridized carbons (Fsp3) is 0.550. The Balaban J connectivity index is 1.55. The standard InChI is InChI=1S/C20H24FN3O3/c21-14-9-11(7-12-3-1-2-4-15(12)22)8-13-10-24(20(27)18(13)14)16-5-6-17(25)23-19(16)26/h8-9,12,15-16H,1-7,10,22H2,(H,23,25,26)/t12-,15+,16?/m1/s1. The number of rotatable bonds is 3. The summed E-state index contributed by atoms with van der Waals surface area (Å²) < 4.78 is 14.7. The highest BCUT2D eigenvalue weighted by molar-refractivity contribution is 6.05. The van der Waals surface area contributed by atoms with Gasteiger partial charge >= 0.3 is 0 Å². The Morgan fingerprint density at radius 2 is 1.93 bits per heavy atom. The Labute approximate surface area is 157 Å². The van der Waals surface area contributed by atoms with E-state index in [0.29, 0.717) is 17.9 Å². The number of amides is 3. The van der Waals surface area contributed by atoms with Crippen LogP contribution in [0.3, 0.4) is 0 Å². The molecule has 0 bridgehead atoms. The molecule has 2 aliphatic heterocycles. The van der Waals surface area contributed by atoms with E-state index >= 15 is 0 Å². The van der Waals surface area contributed by atoms with E-state index in [-0.39, 0.29) is 36.9 Å². The molecule has 0 spiro atoms. The molecule has 2 fully saturated rings. The van der Waals surface area contributed by atoms with Crippen molar-refractivity contribution in [2.45, 2.75) is 63.6 Å². The Bertz CT molecular complexity index is 810. The third kappa shape index (κ3) is 3.36. The largest absolute Gasteiger partial charge is 0.327 e. The van der Waals surface area contributed by atoms with Crippen LogP contribution in [0.4, 0.5) is 4.39 Å². The number of nitrogens with zero attached hydrogens (tertiary/aromatic N) is 1. The molecular formula is C20H24FN3O3. The van der Waals surface area contributed by atoms with Gasteiger partial charge in [-0.3, -0.25) is 19.7 Å². The summed E-state index contributed by atoms with van der Waals surface area (Å²) in [5.74, 6) is -1.50. The van der Waals surface area contributed by atoms with E-state index in [0.717, 1.165) is 31.2 Å². The van der Waals surface area contributed by atoms with Crippen LogP contribution in [-0.4, -0.2) is 34.7 Å². The van der Waals surface area contributed by atoms with Gasteiger partial charge in [-0.1, -0.05) is 18.9 Å². The fourth-order valence-corrected chi connectivity index (χ4v) is 4.63. The highest BCUT2D eigenvalue weighted by Gasteiger charge is 2.40.